The Bertz CT molecular complexity index is 382. The van der Waals surface area contributed by atoms with Crippen LogP contribution in [0.25, 0.3) is 0 Å². The van der Waals surface area contributed by atoms with Crippen molar-refractivity contribution in [1.82, 2.24) is 19.7 Å². The summed E-state index contributed by atoms with van der Waals surface area (Å²) in [4.78, 5) is 11.8. The van der Waals surface area contributed by atoms with E-state index in [0.717, 1.165) is 12.4 Å². The first kappa shape index (κ1) is 10.4. The van der Waals surface area contributed by atoms with Crippen LogP contribution in [0, 0.1) is 0 Å². The molecule has 0 atom stereocenters. The Labute approximate surface area is 87.8 Å². The molecule has 2 rings (SSSR count). The molecule has 0 saturated heterocycles. The molecule has 2 heterocycles. The average Bonchev–Trinajstić information content (AvgIpc) is 2.57. The molecule has 1 aliphatic rings. The second-order valence-corrected chi connectivity index (χ2v) is 3.45. The van der Waals surface area contributed by atoms with Crippen LogP contribution in [0.5, 0.6) is 0 Å². The molecule has 6 nitrogen and oxygen atoms in total. The monoisotopic (exact) mass is 212 g/mol. The first-order valence-electron chi connectivity index (χ1n) is 5.28. The lowest BCUT2D eigenvalue weighted by molar-refractivity contribution is 0.135. The first-order chi connectivity index (χ1) is 7.33. The molecule has 0 aliphatic carbocycles. The maximum absolute atomic E-state index is 11.8. The Morgan fingerprint density at radius 1 is 1.60 bits per heavy atom. The molecule has 1 aromatic rings. The molecule has 0 bridgehead atoms. The number of ether oxygens (including phenoxy) is 1. The van der Waals surface area contributed by atoms with E-state index in [1.54, 1.807) is 4.57 Å². The highest BCUT2D eigenvalue weighted by atomic mass is 16.5. The molecular formula is C9H16N4O2. The fourth-order valence-corrected chi connectivity index (χ4v) is 1.67. The normalized spacial score (nSPS) is 15.3. The highest BCUT2D eigenvalue weighted by Gasteiger charge is 2.15. The summed E-state index contributed by atoms with van der Waals surface area (Å²) in [5, 5.41) is 7.43. The van der Waals surface area contributed by atoms with E-state index in [-0.39, 0.29) is 5.69 Å². The number of hydrogen-bond acceptors (Lipinski definition) is 4. The van der Waals surface area contributed by atoms with Gasteiger partial charge in [0.15, 0.2) is 0 Å². The summed E-state index contributed by atoms with van der Waals surface area (Å²) < 4.78 is 8.41. The Hall–Kier alpha value is -1.14. The van der Waals surface area contributed by atoms with E-state index in [2.05, 4.69) is 10.4 Å². The lowest BCUT2D eigenvalue weighted by atomic mass is 10.4. The molecule has 0 saturated carbocycles. The van der Waals surface area contributed by atoms with Gasteiger partial charge in [0.05, 0.1) is 19.7 Å². The lowest BCUT2D eigenvalue weighted by Gasteiger charge is -2.11. The molecule has 0 fully saturated rings. The molecular weight excluding hydrogens is 196 g/mol. The predicted octanol–water partition coefficient (Wildman–Crippen LogP) is -0.815. The minimum Gasteiger partial charge on any atom is -0.380 e. The number of hydrogen-bond donors (Lipinski definition) is 1. The van der Waals surface area contributed by atoms with Crippen molar-refractivity contribution in [2.75, 3.05) is 19.8 Å². The van der Waals surface area contributed by atoms with Crippen LogP contribution < -0.4 is 11.0 Å². The van der Waals surface area contributed by atoms with Crippen molar-refractivity contribution in [2.24, 2.45) is 0 Å². The summed E-state index contributed by atoms with van der Waals surface area (Å²) in [5.41, 5.74) is -0.0220. The van der Waals surface area contributed by atoms with Crippen LogP contribution in [-0.2, 0) is 24.4 Å². The van der Waals surface area contributed by atoms with E-state index in [9.17, 15) is 4.79 Å². The number of fused-ring (bicyclic) bond motifs is 1. The van der Waals surface area contributed by atoms with E-state index in [1.165, 1.54) is 4.68 Å². The maximum atomic E-state index is 11.8. The molecule has 0 aromatic carbocycles. The summed E-state index contributed by atoms with van der Waals surface area (Å²) >= 11 is 0. The van der Waals surface area contributed by atoms with E-state index in [1.807, 2.05) is 6.92 Å². The average molecular weight is 212 g/mol. The molecule has 84 valence electrons. The largest absolute Gasteiger partial charge is 0.380 e. The minimum absolute atomic E-state index is 0.0220. The van der Waals surface area contributed by atoms with Gasteiger partial charge in [-0.15, -0.1) is 0 Å². The highest BCUT2D eigenvalue weighted by molar-refractivity contribution is 4.90. The molecule has 1 N–H and O–H groups in total. The Balaban J connectivity index is 2.11. The number of nitrogens with zero attached hydrogens (tertiary/aromatic N) is 3. The van der Waals surface area contributed by atoms with Crippen molar-refractivity contribution in [2.45, 2.75) is 26.6 Å². The molecule has 1 aromatic heterocycles. The summed E-state index contributed by atoms with van der Waals surface area (Å²) in [6.45, 7) is 5.91. The van der Waals surface area contributed by atoms with Crippen LogP contribution >= 0.6 is 0 Å². The fraction of sp³-hybridized carbons (Fsp3) is 0.778. The number of rotatable bonds is 4. The van der Waals surface area contributed by atoms with Gasteiger partial charge < -0.3 is 10.1 Å². The molecule has 0 radical (unpaired) electrons. The topological polar surface area (TPSA) is 61.1 Å². The minimum atomic E-state index is -0.0220. The van der Waals surface area contributed by atoms with Crippen molar-refractivity contribution < 1.29 is 4.74 Å². The predicted molar refractivity (Wildman–Crippen MR) is 54.7 cm³/mol. The van der Waals surface area contributed by atoms with E-state index in [4.69, 9.17) is 4.74 Å². The first-order valence-corrected chi connectivity index (χ1v) is 5.28. The molecule has 0 amide bonds. The van der Waals surface area contributed by atoms with Gasteiger partial charge in [0.2, 0.25) is 0 Å². The summed E-state index contributed by atoms with van der Waals surface area (Å²) in [5.74, 6) is 0.822. The van der Waals surface area contributed by atoms with E-state index < -0.39 is 0 Å². The standard InChI is InChI=1S/C9H16N4O2/c1-2-15-6-5-13-9(14)12-4-3-10-7-8(12)11-13/h10H,2-7H2,1H3. The molecule has 0 unspecified atom stereocenters. The molecule has 0 spiro atoms. The Morgan fingerprint density at radius 3 is 3.20 bits per heavy atom. The van der Waals surface area contributed by atoms with Gasteiger partial charge in [0.25, 0.3) is 0 Å². The third kappa shape index (κ3) is 2.10. The van der Waals surface area contributed by atoms with Crippen LogP contribution in [0.1, 0.15) is 12.7 Å². The zero-order valence-electron chi connectivity index (χ0n) is 8.90. The number of aromatic nitrogens is 3. The van der Waals surface area contributed by atoms with Crippen molar-refractivity contribution in [3.63, 3.8) is 0 Å². The molecule has 6 heteroatoms. The SMILES string of the molecule is CCOCCn1nc2n(c1=O)CCNC2. The van der Waals surface area contributed by atoms with Crippen LogP contribution in [-0.4, -0.2) is 34.1 Å². The van der Waals surface area contributed by atoms with Crippen molar-refractivity contribution in [1.29, 1.82) is 0 Å². The summed E-state index contributed by atoms with van der Waals surface area (Å²) in [7, 11) is 0. The Morgan fingerprint density at radius 2 is 2.47 bits per heavy atom. The summed E-state index contributed by atoms with van der Waals surface area (Å²) in [6, 6.07) is 0. The van der Waals surface area contributed by atoms with Gasteiger partial charge in [-0.25, -0.2) is 9.48 Å². The van der Waals surface area contributed by atoms with Gasteiger partial charge >= 0.3 is 5.69 Å². The van der Waals surface area contributed by atoms with Crippen LogP contribution in [0.4, 0.5) is 0 Å². The zero-order chi connectivity index (χ0) is 10.7. The van der Waals surface area contributed by atoms with Gasteiger partial charge in [-0.3, -0.25) is 4.57 Å². The van der Waals surface area contributed by atoms with Crippen LogP contribution in [0.15, 0.2) is 4.79 Å². The van der Waals surface area contributed by atoms with E-state index >= 15 is 0 Å². The number of nitrogens with one attached hydrogen (secondary N) is 1. The van der Waals surface area contributed by atoms with Gasteiger partial charge in [0.1, 0.15) is 5.82 Å². The molecule has 15 heavy (non-hydrogen) atoms. The summed E-state index contributed by atoms with van der Waals surface area (Å²) in [6.07, 6.45) is 0. The fourth-order valence-electron chi connectivity index (χ4n) is 1.67. The highest BCUT2D eigenvalue weighted by Crippen LogP contribution is 1.97. The van der Waals surface area contributed by atoms with Crippen molar-refractivity contribution in [3.8, 4) is 0 Å². The maximum Gasteiger partial charge on any atom is 0.346 e. The lowest BCUT2D eigenvalue weighted by Crippen LogP contribution is -2.34. The second-order valence-electron chi connectivity index (χ2n) is 3.45. The van der Waals surface area contributed by atoms with Crippen molar-refractivity contribution >= 4 is 0 Å². The smallest absolute Gasteiger partial charge is 0.346 e. The van der Waals surface area contributed by atoms with Gasteiger partial charge in [-0.05, 0) is 6.92 Å². The van der Waals surface area contributed by atoms with Gasteiger partial charge in [-0.1, -0.05) is 0 Å². The quantitative estimate of drug-likeness (QED) is 0.663. The second kappa shape index (κ2) is 4.59. The molecule has 1 aliphatic heterocycles. The van der Waals surface area contributed by atoms with Crippen molar-refractivity contribution in [3.05, 3.63) is 16.3 Å². The van der Waals surface area contributed by atoms with Gasteiger partial charge in [-0.2, -0.15) is 5.10 Å². The third-order valence-electron chi connectivity index (χ3n) is 2.45. The van der Waals surface area contributed by atoms with Gasteiger partial charge in [0, 0.05) is 19.7 Å². The third-order valence-corrected chi connectivity index (χ3v) is 2.45. The van der Waals surface area contributed by atoms with Crippen LogP contribution in [0.2, 0.25) is 0 Å². The van der Waals surface area contributed by atoms with Crippen LogP contribution in [0.3, 0.4) is 0 Å². The Kier molecular flexibility index (Phi) is 3.17. The zero-order valence-corrected chi connectivity index (χ0v) is 8.90. The van der Waals surface area contributed by atoms with E-state index in [0.29, 0.717) is 32.8 Å².